The molecule has 1 aromatic rings. The molecule has 0 aliphatic heterocycles. The number of nitrogen functional groups attached to an aromatic ring is 1. The van der Waals surface area contributed by atoms with Crippen LogP contribution >= 0.6 is 15.9 Å². The van der Waals surface area contributed by atoms with E-state index in [1.165, 1.54) is 12.3 Å². The fraction of sp³-hybridized carbons (Fsp3) is 0.375. The van der Waals surface area contributed by atoms with Crippen molar-refractivity contribution in [2.75, 3.05) is 5.73 Å². The van der Waals surface area contributed by atoms with E-state index in [9.17, 15) is 13.6 Å². The third kappa shape index (κ3) is 2.80. The standard InChI is InChI=1S/C8H9BrF2N2O/c1-8(10,11)4-13-3-5(12)2-6(9)7(13)14/h2-3H,4,12H2,1H3. The first-order chi connectivity index (χ1) is 6.29. The Morgan fingerprint density at radius 1 is 1.64 bits per heavy atom. The number of alkyl halides is 2. The van der Waals surface area contributed by atoms with Gasteiger partial charge in [-0.05, 0) is 22.0 Å². The predicted octanol–water partition coefficient (Wildman–Crippen LogP) is 1.85. The van der Waals surface area contributed by atoms with Crippen LogP contribution in [0.4, 0.5) is 14.5 Å². The molecule has 1 aromatic heterocycles. The lowest BCUT2D eigenvalue weighted by Gasteiger charge is -2.13. The van der Waals surface area contributed by atoms with E-state index in [1.54, 1.807) is 0 Å². The summed E-state index contributed by atoms with van der Waals surface area (Å²) in [6, 6.07) is 1.38. The number of aromatic nitrogens is 1. The molecule has 78 valence electrons. The van der Waals surface area contributed by atoms with Crippen molar-refractivity contribution in [3.63, 3.8) is 0 Å². The molecule has 0 atom stereocenters. The van der Waals surface area contributed by atoms with Gasteiger partial charge in [-0.25, -0.2) is 8.78 Å². The van der Waals surface area contributed by atoms with E-state index in [-0.39, 0.29) is 10.2 Å². The van der Waals surface area contributed by atoms with Gasteiger partial charge < -0.3 is 10.3 Å². The number of pyridine rings is 1. The van der Waals surface area contributed by atoms with Crippen LogP contribution in [0.15, 0.2) is 21.5 Å². The Morgan fingerprint density at radius 3 is 2.71 bits per heavy atom. The molecule has 14 heavy (non-hydrogen) atoms. The van der Waals surface area contributed by atoms with Gasteiger partial charge in [-0.1, -0.05) is 0 Å². The van der Waals surface area contributed by atoms with Gasteiger partial charge in [0.2, 0.25) is 0 Å². The zero-order valence-electron chi connectivity index (χ0n) is 7.43. The normalized spacial score (nSPS) is 11.7. The Bertz CT molecular complexity index is 397. The number of nitrogens with zero attached hydrogens (tertiary/aromatic N) is 1. The van der Waals surface area contributed by atoms with Crippen molar-refractivity contribution >= 4 is 21.6 Å². The van der Waals surface area contributed by atoms with E-state index in [0.29, 0.717) is 0 Å². The van der Waals surface area contributed by atoms with Crippen molar-refractivity contribution in [3.8, 4) is 0 Å². The lowest BCUT2D eigenvalue weighted by molar-refractivity contribution is 0.00297. The molecule has 6 heteroatoms. The Hall–Kier alpha value is -0.910. The number of hydrogen-bond acceptors (Lipinski definition) is 2. The number of rotatable bonds is 2. The largest absolute Gasteiger partial charge is 0.398 e. The summed E-state index contributed by atoms with van der Waals surface area (Å²) in [5.74, 6) is -2.93. The second-order valence-electron chi connectivity index (χ2n) is 3.12. The predicted molar refractivity (Wildman–Crippen MR) is 53.4 cm³/mol. The highest BCUT2D eigenvalue weighted by Crippen LogP contribution is 2.15. The Labute approximate surface area is 87.7 Å². The first-order valence-corrected chi connectivity index (χ1v) is 4.62. The van der Waals surface area contributed by atoms with Crippen molar-refractivity contribution in [1.82, 2.24) is 4.57 Å². The van der Waals surface area contributed by atoms with Crippen LogP contribution in [0.2, 0.25) is 0 Å². The number of anilines is 1. The second kappa shape index (κ2) is 3.68. The molecule has 0 amide bonds. The molecule has 0 aliphatic carbocycles. The van der Waals surface area contributed by atoms with Crippen LogP contribution in [0.25, 0.3) is 0 Å². The highest BCUT2D eigenvalue weighted by molar-refractivity contribution is 9.10. The molecule has 2 N–H and O–H groups in total. The van der Waals surface area contributed by atoms with Crippen LogP contribution in [0, 0.1) is 0 Å². The minimum atomic E-state index is -2.93. The summed E-state index contributed by atoms with van der Waals surface area (Å²) in [5, 5.41) is 0. The van der Waals surface area contributed by atoms with Gasteiger partial charge in [0.05, 0.1) is 11.0 Å². The SMILES string of the molecule is CC(F)(F)Cn1cc(N)cc(Br)c1=O. The minimum absolute atomic E-state index is 0.182. The Balaban J connectivity index is 3.16. The van der Waals surface area contributed by atoms with Crippen LogP contribution in [0.3, 0.4) is 0 Å². The van der Waals surface area contributed by atoms with Gasteiger partial charge >= 0.3 is 0 Å². The maximum absolute atomic E-state index is 12.6. The third-order valence-corrected chi connectivity index (χ3v) is 2.08. The van der Waals surface area contributed by atoms with Crippen molar-refractivity contribution < 1.29 is 8.78 Å². The molecule has 0 aliphatic rings. The molecular weight excluding hydrogens is 258 g/mol. The van der Waals surface area contributed by atoms with Crippen molar-refractivity contribution in [2.24, 2.45) is 0 Å². The summed E-state index contributed by atoms with van der Waals surface area (Å²) < 4.78 is 26.3. The van der Waals surface area contributed by atoms with Crippen molar-refractivity contribution in [3.05, 3.63) is 27.1 Å². The van der Waals surface area contributed by atoms with Gasteiger partial charge in [-0.3, -0.25) is 4.79 Å². The zero-order valence-corrected chi connectivity index (χ0v) is 9.01. The Morgan fingerprint density at radius 2 is 2.21 bits per heavy atom. The molecule has 0 spiro atoms. The van der Waals surface area contributed by atoms with Crippen LogP contribution in [0.1, 0.15) is 6.92 Å². The molecule has 0 unspecified atom stereocenters. The van der Waals surface area contributed by atoms with E-state index < -0.39 is 18.0 Å². The topological polar surface area (TPSA) is 48.0 Å². The molecule has 0 saturated carbocycles. The summed E-state index contributed by atoms with van der Waals surface area (Å²) >= 11 is 2.95. The van der Waals surface area contributed by atoms with E-state index in [1.807, 2.05) is 0 Å². The van der Waals surface area contributed by atoms with Crippen LogP contribution in [0.5, 0.6) is 0 Å². The number of halogens is 3. The quantitative estimate of drug-likeness (QED) is 0.888. The summed E-state index contributed by atoms with van der Waals surface area (Å²) in [5.41, 5.74) is 5.16. The maximum Gasteiger partial charge on any atom is 0.265 e. The third-order valence-electron chi connectivity index (χ3n) is 1.51. The smallest absolute Gasteiger partial charge is 0.265 e. The molecule has 3 nitrogen and oxygen atoms in total. The summed E-state index contributed by atoms with van der Waals surface area (Å²) in [4.78, 5) is 11.3. The second-order valence-corrected chi connectivity index (χ2v) is 3.98. The highest BCUT2D eigenvalue weighted by Gasteiger charge is 2.22. The van der Waals surface area contributed by atoms with Gasteiger partial charge in [0.15, 0.2) is 0 Å². The summed E-state index contributed by atoms with van der Waals surface area (Å²) in [6.45, 7) is 0.0754. The number of nitrogens with two attached hydrogens (primary N) is 1. The van der Waals surface area contributed by atoms with Gasteiger partial charge in [0.1, 0.15) is 0 Å². The zero-order chi connectivity index (χ0) is 10.9. The summed E-state index contributed by atoms with van der Waals surface area (Å²) in [7, 11) is 0. The fourth-order valence-corrected chi connectivity index (χ4v) is 1.53. The van der Waals surface area contributed by atoms with Crippen LogP contribution in [-0.4, -0.2) is 10.5 Å². The molecule has 1 heterocycles. The van der Waals surface area contributed by atoms with Crippen LogP contribution < -0.4 is 11.3 Å². The first-order valence-electron chi connectivity index (χ1n) is 3.83. The molecule has 0 fully saturated rings. The molecular formula is C8H9BrF2N2O. The molecule has 0 saturated heterocycles. The molecule has 0 aromatic carbocycles. The van der Waals surface area contributed by atoms with Gasteiger partial charge in [0.25, 0.3) is 11.5 Å². The molecule has 0 radical (unpaired) electrons. The van der Waals surface area contributed by atoms with E-state index in [0.717, 1.165) is 11.5 Å². The number of hydrogen-bond donors (Lipinski definition) is 1. The Kier molecular flexibility index (Phi) is 2.94. The van der Waals surface area contributed by atoms with E-state index in [4.69, 9.17) is 5.73 Å². The maximum atomic E-state index is 12.6. The lowest BCUT2D eigenvalue weighted by atomic mass is 10.3. The van der Waals surface area contributed by atoms with Gasteiger partial charge in [-0.2, -0.15) is 0 Å². The van der Waals surface area contributed by atoms with E-state index in [2.05, 4.69) is 15.9 Å². The fourth-order valence-electron chi connectivity index (χ4n) is 1.04. The van der Waals surface area contributed by atoms with Gasteiger partial charge in [-0.15, -0.1) is 0 Å². The van der Waals surface area contributed by atoms with E-state index >= 15 is 0 Å². The lowest BCUT2D eigenvalue weighted by Crippen LogP contribution is -2.29. The minimum Gasteiger partial charge on any atom is -0.398 e. The van der Waals surface area contributed by atoms with Crippen LogP contribution in [-0.2, 0) is 6.54 Å². The van der Waals surface area contributed by atoms with Gasteiger partial charge in [0, 0.05) is 18.8 Å². The van der Waals surface area contributed by atoms with Crippen molar-refractivity contribution in [2.45, 2.75) is 19.4 Å². The average molecular weight is 267 g/mol. The molecule has 1 rings (SSSR count). The monoisotopic (exact) mass is 266 g/mol. The average Bonchev–Trinajstić information content (AvgIpc) is 1.96. The summed E-state index contributed by atoms with van der Waals surface area (Å²) in [6.07, 6.45) is 1.20. The molecule has 0 bridgehead atoms. The van der Waals surface area contributed by atoms with Crippen molar-refractivity contribution in [1.29, 1.82) is 0 Å². The first kappa shape index (κ1) is 11.2. The highest BCUT2D eigenvalue weighted by atomic mass is 79.9.